The van der Waals surface area contributed by atoms with Crippen molar-refractivity contribution in [1.29, 1.82) is 0 Å². The Bertz CT molecular complexity index is 838. The van der Waals surface area contributed by atoms with Gasteiger partial charge < -0.3 is 15.4 Å². The fraction of sp³-hybridized carbons (Fsp3) is 0.500. The number of carboxylic acids is 1. The van der Waals surface area contributed by atoms with Gasteiger partial charge in [0.15, 0.2) is 0 Å². The Hall–Kier alpha value is -2.22. The minimum Gasteiger partial charge on any atom is -0.480 e. The molecule has 0 aromatic carbocycles. The summed E-state index contributed by atoms with van der Waals surface area (Å²) in [7, 11) is 0. The second-order valence-corrected chi connectivity index (χ2v) is 7.31. The summed E-state index contributed by atoms with van der Waals surface area (Å²) in [5, 5.41) is 12.2. The van der Waals surface area contributed by atoms with Gasteiger partial charge in [-0.3, -0.25) is 9.59 Å². The maximum absolute atomic E-state index is 12.2. The number of hydrogen-bond acceptors (Lipinski definition) is 5. The van der Waals surface area contributed by atoms with Crippen LogP contribution >= 0.6 is 11.3 Å². The van der Waals surface area contributed by atoms with Gasteiger partial charge in [0, 0.05) is 17.7 Å². The SMILES string of the molecule is Cc1sc2nc(CCC(=O)N[C@@H](C(=O)O)C(C)C)[nH]c(=O)c2c1C. The number of carbonyl (C=O) groups is 2. The van der Waals surface area contributed by atoms with Crippen molar-refractivity contribution in [3.05, 3.63) is 26.6 Å². The Morgan fingerprint density at radius 1 is 1.33 bits per heavy atom. The van der Waals surface area contributed by atoms with Gasteiger partial charge in [-0.2, -0.15) is 0 Å². The first kappa shape index (κ1) is 18.1. The number of thiophene rings is 1. The van der Waals surface area contributed by atoms with Gasteiger partial charge in [0.25, 0.3) is 5.56 Å². The lowest BCUT2D eigenvalue weighted by Crippen LogP contribution is -2.44. The highest BCUT2D eigenvalue weighted by Crippen LogP contribution is 2.25. The van der Waals surface area contributed by atoms with Crippen molar-refractivity contribution in [3.63, 3.8) is 0 Å². The lowest BCUT2D eigenvalue weighted by atomic mass is 10.0. The molecule has 0 spiro atoms. The molecule has 0 bridgehead atoms. The number of H-pyrrole nitrogens is 1. The van der Waals surface area contributed by atoms with Gasteiger partial charge in [-0.05, 0) is 25.3 Å². The molecular formula is C16H21N3O4S. The van der Waals surface area contributed by atoms with E-state index < -0.39 is 12.0 Å². The summed E-state index contributed by atoms with van der Waals surface area (Å²) in [6.07, 6.45) is 0.311. The van der Waals surface area contributed by atoms with Gasteiger partial charge in [-0.1, -0.05) is 13.8 Å². The number of aliphatic carboxylic acids is 1. The Morgan fingerprint density at radius 2 is 2.00 bits per heavy atom. The van der Waals surface area contributed by atoms with Gasteiger partial charge >= 0.3 is 5.97 Å². The van der Waals surface area contributed by atoms with Crippen molar-refractivity contribution in [2.24, 2.45) is 5.92 Å². The van der Waals surface area contributed by atoms with Crippen LogP contribution in [0.3, 0.4) is 0 Å². The predicted molar refractivity (Wildman–Crippen MR) is 92.4 cm³/mol. The van der Waals surface area contributed by atoms with Crippen LogP contribution in [0.4, 0.5) is 0 Å². The van der Waals surface area contributed by atoms with E-state index in [1.807, 2.05) is 13.8 Å². The third-order valence-corrected chi connectivity index (χ3v) is 5.03. The van der Waals surface area contributed by atoms with Crippen molar-refractivity contribution >= 4 is 33.4 Å². The second-order valence-electron chi connectivity index (χ2n) is 6.10. The van der Waals surface area contributed by atoms with E-state index in [1.165, 1.54) is 11.3 Å². The lowest BCUT2D eigenvalue weighted by Gasteiger charge is -2.17. The van der Waals surface area contributed by atoms with Crippen molar-refractivity contribution in [3.8, 4) is 0 Å². The van der Waals surface area contributed by atoms with Gasteiger partial charge in [0.05, 0.1) is 5.39 Å². The predicted octanol–water partition coefficient (Wildman–Crippen LogP) is 1.76. The van der Waals surface area contributed by atoms with Crippen LogP contribution in [0.25, 0.3) is 10.2 Å². The number of nitrogens with zero attached hydrogens (tertiary/aromatic N) is 1. The number of aromatic amines is 1. The number of aryl methyl sites for hydroxylation is 3. The lowest BCUT2D eigenvalue weighted by molar-refractivity contribution is -0.143. The summed E-state index contributed by atoms with van der Waals surface area (Å²) in [6, 6.07) is -0.922. The van der Waals surface area contributed by atoms with Crippen LogP contribution in [0.5, 0.6) is 0 Å². The molecule has 2 aromatic rings. The quantitative estimate of drug-likeness (QED) is 0.734. The molecule has 1 amide bonds. The van der Waals surface area contributed by atoms with Crippen LogP contribution in [0.1, 0.15) is 36.5 Å². The van der Waals surface area contributed by atoms with Gasteiger partial charge in [-0.25, -0.2) is 9.78 Å². The number of carbonyl (C=O) groups excluding carboxylic acids is 1. The maximum Gasteiger partial charge on any atom is 0.326 e. The molecule has 2 heterocycles. The Kier molecular flexibility index (Phi) is 5.38. The largest absolute Gasteiger partial charge is 0.480 e. The molecule has 0 aliphatic rings. The minimum atomic E-state index is -1.06. The van der Waals surface area contributed by atoms with Crippen LogP contribution in [0, 0.1) is 19.8 Å². The van der Waals surface area contributed by atoms with Crippen LogP contribution in [-0.2, 0) is 16.0 Å². The van der Waals surface area contributed by atoms with E-state index in [2.05, 4.69) is 15.3 Å². The fourth-order valence-electron chi connectivity index (χ4n) is 2.41. The fourth-order valence-corrected chi connectivity index (χ4v) is 3.46. The van der Waals surface area contributed by atoms with E-state index in [-0.39, 0.29) is 30.2 Å². The summed E-state index contributed by atoms with van der Waals surface area (Å²) >= 11 is 1.45. The van der Waals surface area contributed by atoms with Crippen molar-refractivity contribution in [2.75, 3.05) is 0 Å². The summed E-state index contributed by atoms with van der Waals surface area (Å²) in [6.45, 7) is 7.28. The van der Waals surface area contributed by atoms with Crippen LogP contribution < -0.4 is 10.9 Å². The topological polar surface area (TPSA) is 112 Å². The third kappa shape index (κ3) is 3.81. The average molecular weight is 351 g/mol. The molecule has 0 aliphatic carbocycles. The molecular weight excluding hydrogens is 330 g/mol. The first-order chi connectivity index (χ1) is 11.2. The minimum absolute atomic E-state index is 0.0638. The van der Waals surface area contributed by atoms with Gasteiger partial charge in [0.2, 0.25) is 5.91 Å². The van der Waals surface area contributed by atoms with E-state index in [0.29, 0.717) is 16.0 Å². The molecule has 2 aromatic heterocycles. The number of rotatable bonds is 6. The number of nitrogens with one attached hydrogen (secondary N) is 2. The highest BCUT2D eigenvalue weighted by Gasteiger charge is 2.23. The van der Waals surface area contributed by atoms with E-state index in [0.717, 1.165) is 10.4 Å². The standard InChI is InChI=1S/C16H21N3O4S/c1-7(2)13(16(22)23)19-11(20)6-5-10-17-14(21)12-8(3)9(4)24-15(12)18-10/h7,13H,5-6H2,1-4H3,(H,19,20)(H,22,23)(H,17,18,21)/t13-/m1/s1. The Morgan fingerprint density at radius 3 is 2.58 bits per heavy atom. The summed E-state index contributed by atoms with van der Waals surface area (Å²) in [5.41, 5.74) is 0.720. The number of carboxylic acid groups (broad SMARTS) is 1. The first-order valence-electron chi connectivity index (χ1n) is 7.71. The first-order valence-corrected chi connectivity index (χ1v) is 8.53. The molecule has 0 saturated carbocycles. The van der Waals surface area contributed by atoms with Gasteiger partial charge in [-0.15, -0.1) is 11.3 Å². The Balaban J connectivity index is 2.09. The average Bonchev–Trinajstić information content (AvgIpc) is 2.77. The molecule has 0 radical (unpaired) electrons. The number of fused-ring (bicyclic) bond motifs is 1. The normalized spacial score (nSPS) is 12.5. The Labute approximate surface area is 143 Å². The molecule has 130 valence electrons. The molecule has 7 nitrogen and oxygen atoms in total. The van der Waals surface area contributed by atoms with Gasteiger partial charge in [0.1, 0.15) is 16.7 Å². The molecule has 3 N–H and O–H groups in total. The molecule has 8 heteroatoms. The van der Waals surface area contributed by atoms with E-state index in [9.17, 15) is 14.4 Å². The third-order valence-electron chi connectivity index (χ3n) is 3.93. The van der Waals surface area contributed by atoms with Crippen molar-refractivity contribution in [1.82, 2.24) is 15.3 Å². The second kappa shape index (κ2) is 7.12. The van der Waals surface area contributed by atoms with Crippen molar-refractivity contribution < 1.29 is 14.7 Å². The maximum atomic E-state index is 12.2. The van der Waals surface area contributed by atoms with Crippen LogP contribution in [0.2, 0.25) is 0 Å². The van der Waals surface area contributed by atoms with Crippen molar-refractivity contribution in [2.45, 2.75) is 46.6 Å². The van der Waals surface area contributed by atoms with E-state index in [1.54, 1.807) is 13.8 Å². The number of amides is 1. The van der Waals surface area contributed by atoms with E-state index >= 15 is 0 Å². The highest BCUT2D eigenvalue weighted by molar-refractivity contribution is 7.18. The molecule has 0 fully saturated rings. The highest BCUT2D eigenvalue weighted by atomic mass is 32.1. The zero-order valence-electron chi connectivity index (χ0n) is 14.1. The van der Waals surface area contributed by atoms with E-state index in [4.69, 9.17) is 5.11 Å². The molecule has 1 atom stereocenters. The summed E-state index contributed by atoms with van der Waals surface area (Å²) in [4.78, 5) is 44.0. The smallest absolute Gasteiger partial charge is 0.326 e. The zero-order valence-corrected chi connectivity index (χ0v) is 14.9. The molecule has 0 aliphatic heterocycles. The molecule has 2 rings (SSSR count). The van der Waals surface area contributed by atoms with Crippen LogP contribution in [0.15, 0.2) is 4.79 Å². The molecule has 0 saturated heterocycles. The van der Waals surface area contributed by atoms with Crippen LogP contribution in [-0.4, -0.2) is 33.0 Å². The summed E-state index contributed by atoms with van der Waals surface area (Å²) < 4.78 is 0. The zero-order chi connectivity index (χ0) is 18.0. The number of hydrogen-bond donors (Lipinski definition) is 3. The monoisotopic (exact) mass is 351 g/mol. The summed E-state index contributed by atoms with van der Waals surface area (Å²) in [5.74, 6) is -1.22. The molecule has 0 unspecified atom stereocenters. The number of aromatic nitrogens is 2. The molecule has 24 heavy (non-hydrogen) atoms.